The Labute approximate surface area is 188 Å². The van der Waals surface area contributed by atoms with Crippen LogP contribution in [0.2, 0.25) is 10.0 Å². The quantitative estimate of drug-likeness (QED) is 0.556. The SMILES string of the molecule is CCC(C(=O)NCC(C)C)N(Cc1ccc(Cl)c(Cl)c1)C(=O)COc1ccccc1. The van der Waals surface area contributed by atoms with Crippen LogP contribution in [0.15, 0.2) is 48.5 Å². The predicted octanol–water partition coefficient (Wildman–Crippen LogP) is 4.95. The Hall–Kier alpha value is -2.24. The van der Waals surface area contributed by atoms with Gasteiger partial charge < -0.3 is 15.0 Å². The maximum absolute atomic E-state index is 13.1. The summed E-state index contributed by atoms with van der Waals surface area (Å²) < 4.78 is 5.63. The fraction of sp³-hybridized carbons (Fsp3) is 0.391. The third-order valence-corrected chi connectivity index (χ3v) is 5.25. The van der Waals surface area contributed by atoms with Gasteiger partial charge in [-0.3, -0.25) is 9.59 Å². The highest BCUT2D eigenvalue weighted by molar-refractivity contribution is 6.42. The predicted molar refractivity (Wildman–Crippen MR) is 121 cm³/mol. The van der Waals surface area contributed by atoms with E-state index in [1.165, 1.54) is 4.90 Å². The highest BCUT2D eigenvalue weighted by Crippen LogP contribution is 2.24. The molecule has 0 aromatic heterocycles. The lowest BCUT2D eigenvalue weighted by molar-refractivity contribution is -0.143. The molecule has 1 atom stereocenters. The van der Waals surface area contributed by atoms with Crippen LogP contribution in [0, 0.1) is 5.92 Å². The molecular formula is C23H28Cl2N2O3. The van der Waals surface area contributed by atoms with Crippen LogP contribution in [0.3, 0.4) is 0 Å². The van der Waals surface area contributed by atoms with Crippen LogP contribution in [-0.2, 0) is 16.1 Å². The first kappa shape index (κ1) is 24.0. The highest BCUT2D eigenvalue weighted by atomic mass is 35.5. The van der Waals surface area contributed by atoms with E-state index in [0.29, 0.717) is 34.7 Å². The molecule has 0 heterocycles. The number of ether oxygens (including phenoxy) is 1. The Morgan fingerprint density at radius 3 is 2.37 bits per heavy atom. The van der Waals surface area contributed by atoms with E-state index in [1.54, 1.807) is 30.3 Å². The van der Waals surface area contributed by atoms with Crippen molar-refractivity contribution in [2.75, 3.05) is 13.2 Å². The van der Waals surface area contributed by atoms with E-state index in [9.17, 15) is 9.59 Å². The molecule has 162 valence electrons. The van der Waals surface area contributed by atoms with Crippen LogP contribution in [-0.4, -0.2) is 35.9 Å². The van der Waals surface area contributed by atoms with E-state index in [2.05, 4.69) is 5.32 Å². The molecule has 2 aromatic rings. The molecule has 5 nitrogen and oxygen atoms in total. The summed E-state index contributed by atoms with van der Waals surface area (Å²) in [6.45, 7) is 6.53. The van der Waals surface area contributed by atoms with Gasteiger partial charge in [0.15, 0.2) is 6.61 Å². The average Bonchev–Trinajstić information content (AvgIpc) is 2.73. The Balaban J connectivity index is 2.21. The minimum atomic E-state index is -0.620. The third-order valence-electron chi connectivity index (χ3n) is 4.51. The summed E-state index contributed by atoms with van der Waals surface area (Å²) in [6, 6.07) is 13.7. The van der Waals surface area contributed by atoms with Crippen LogP contribution >= 0.6 is 23.2 Å². The summed E-state index contributed by atoms with van der Waals surface area (Å²) >= 11 is 12.2. The van der Waals surface area contributed by atoms with Crippen LogP contribution in [0.4, 0.5) is 0 Å². The second-order valence-electron chi connectivity index (χ2n) is 7.43. The topological polar surface area (TPSA) is 58.6 Å². The molecule has 0 saturated heterocycles. The van der Waals surface area contributed by atoms with Crippen LogP contribution in [0.25, 0.3) is 0 Å². The zero-order chi connectivity index (χ0) is 22.1. The molecule has 0 radical (unpaired) electrons. The first-order chi connectivity index (χ1) is 14.3. The number of hydrogen-bond acceptors (Lipinski definition) is 3. The van der Waals surface area contributed by atoms with Gasteiger partial charge in [-0.05, 0) is 42.2 Å². The van der Waals surface area contributed by atoms with Gasteiger partial charge in [-0.25, -0.2) is 0 Å². The second-order valence-corrected chi connectivity index (χ2v) is 8.25. The number of amides is 2. The number of halogens is 2. The smallest absolute Gasteiger partial charge is 0.261 e. The number of carbonyl (C=O) groups excluding carboxylic acids is 2. The first-order valence-corrected chi connectivity index (χ1v) is 10.8. The molecule has 30 heavy (non-hydrogen) atoms. The lowest BCUT2D eigenvalue weighted by Gasteiger charge is -2.31. The third kappa shape index (κ3) is 7.22. The van der Waals surface area contributed by atoms with Crippen molar-refractivity contribution in [3.05, 3.63) is 64.1 Å². The Kier molecular flexibility index (Phi) is 9.47. The van der Waals surface area contributed by atoms with Crippen molar-refractivity contribution in [1.82, 2.24) is 10.2 Å². The maximum Gasteiger partial charge on any atom is 0.261 e. The summed E-state index contributed by atoms with van der Waals surface area (Å²) in [6.07, 6.45) is 0.475. The number of benzene rings is 2. The van der Waals surface area contributed by atoms with Gasteiger partial charge in [0.25, 0.3) is 5.91 Å². The number of nitrogens with zero attached hydrogens (tertiary/aromatic N) is 1. The Morgan fingerprint density at radius 2 is 1.77 bits per heavy atom. The van der Waals surface area contributed by atoms with Crippen LogP contribution in [0.5, 0.6) is 5.75 Å². The summed E-state index contributed by atoms with van der Waals surface area (Å²) in [5, 5.41) is 3.77. The molecule has 1 unspecified atom stereocenters. The van der Waals surface area contributed by atoms with Crippen molar-refractivity contribution in [3.63, 3.8) is 0 Å². The van der Waals surface area contributed by atoms with Crippen LogP contribution in [0.1, 0.15) is 32.8 Å². The minimum Gasteiger partial charge on any atom is -0.484 e. The normalized spacial score (nSPS) is 11.8. The summed E-state index contributed by atoms with van der Waals surface area (Å²) in [5.74, 6) is 0.445. The monoisotopic (exact) mass is 450 g/mol. The average molecular weight is 451 g/mol. The van der Waals surface area contributed by atoms with Gasteiger partial charge in [-0.1, -0.05) is 68.2 Å². The summed E-state index contributed by atoms with van der Waals surface area (Å²) in [5.41, 5.74) is 0.785. The molecule has 2 rings (SSSR count). The van der Waals surface area contributed by atoms with E-state index in [-0.39, 0.29) is 25.0 Å². The Bertz CT molecular complexity index is 844. The van der Waals surface area contributed by atoms with Gasteiger partial charge in [0.05, 0.1) is 10.0 Å². The van der Waals surface area contributed by atoms with Crippen molar-refractivity contribution in [2.24, 2.45) is 5.92 Å². The molecule has 0 aliphatic rings. The van der Waals surface area contributed by atoms with Crippen molar-refractivity contribution in [1.29, 1.82) is 0 Å². The van der Waals surface area contributed by atoms with Gasteiger partial charge in [0.1, 0.15) is 11.8 Å². The molecule has 1 N–H and O–H groups in total. The second kappa shape index (κ2) is 11.8. The minimum absolute atomic E-state index is 0.167. The maximum atomic E-state index is 13.1. The molecule has 2 aromatic carbocycles. The van der Waals surface area contributed by atoms with Crippen molar-refractivity contribution in [3.8, 4) is 5.75 Å². The van der Waals surface area contributed by atoms with Gasteiger partial charge >= 0.3 is 0 Å². The van der Waals surface area contributed by atoms with Crippen LogP contribution < -0.4 is 10.1 Å². The standard InChI is InChI=1S/C23H28Cl2N2O3/c1-4-21(23(29)26-13-16(2)3)27(14-17-10-11-19(24)20(25)12-17)22(28)15-30-18-8-6-5-7-9-18/h5-12,16,21H,4,13-15H2,1-3H3,(H,26,29). The van der Waals surface area contributed by atoms with Gasteiger partial charge in [-0.15, -0.1) is 0 Å². The summed E-state index contributed by atoms with van der Waals surface area (Å²) in [7, 11) is 0. The van der Waals surface area contributed by atoms with E-state index >= 15 is 0 Å². The summed E-state index contributed by atoms with van der Waals surface area (Å²) in [4.78, 5) is 27.4. The molecule has 0 aliphatic heterocycles. The number of carbonyl (C=O) groups is 2. The lowest BCUT2D eigenvalue weighted by atomic mass is 10.1. The highest BCUT2D eigenvalue weighted by Gasteiger charge is 2.29. The Morgan fingerprint density at radius 1 is 1.07 bits per heavy atom. The van der Waals surface area contributed by atoms with Gasteiger partial charge in [-0.2, -0.15) is 0 Å². The lowest BCUT2D eigenvalue weighted by Crippen LogP contribution is -2.50. The fourth-order valence-electron chi connectivity index (χ4n) is 2.92. The molecule has 7 heteroatoms. The van der Waals surface area contributed by atoms with Crippen molar-refractivity contribution >= 4 is 35.0 Å². The van der Waals surface area contributed by atoms with Gasteiger partial charge in [0.2, 0.25) is 5.91 Å². The molecule has 0 bridgehead atoms. The number of nitrogens with one attached hydrogen (secondary N) is 1. The number of para-hydroxylation sites is 1. The van der Waals surface area contributed by atoms with Gasteiger partial charge in [0, 0.05) is 13.1 Å². The molecule has 0 saturated carbocycles. The molecule has 2 amide bonds. The molecule has 0 aliphatic carbocycles. The van der Waals surface area contributed by atoms with E-state index in [1.807, 2.05) is 39.0 Å². The van der Waals surface area contributed by atoms with E-state index < -0.39 is 6.04 Å². The number of hydrogen-bond donors (Lipinski definition) is 1. The fourth-order valence-corrected chi connectivity index (χ4v) is 3.24. The largest absolute Gasteiger partial charge is 0.484 e. The zero-order valence-electron chi connectivity index (χ0n) is 17.5. The zero-order valence-corrected chi connectivity index (χ0v) is 19.0. The molecule has 0 spiro atoms. The van der Waals surface area contributed by atoms with E-state index in [0.717, 1.165) is 5.56 Å². The first-order valence-electron chi connectivity index (χ1n) is 10.0. The number of rotatable bonds is 10. The van der Waals surface area contributed by atoms with Crippen molar-refractivity contribution in [2.45, 2.75) is 39.8 Å². The molecular weight excluding hydrogens is 423 g/mol. The van der Waals surface area contributed by atoms with Crippen molar-refractivity contribution < 1.29 is 14.3 Å². The molecule has 0 fully saturated rings. The van der Waals surface area contributed by atoms with E-state index in [4.69, 9.17) is 27.9 Å².